The monoisotopic (exact) mass is 332 g/mol. The number of hydrogen-bond acceptors (Lipinski definition) is 3. The van der Waals surface area contributed by atoms with Crippen LogP contribution in [-0.4, -0.2) is 24.6 Å². The lowest BCUT2D eigenvalue weighted by Gasteiger charge is -2.02. The van der Waals surface area contributed by atoms with Crippen LogP contribution in [0.15, 0.2) is 29.8 Å². The Morgan fingerprint density at radius 1 is 1.31 bits per heavy atom. The van der Waals surface area contributed by atoms with E-state index in [4.69, 9.17) is 4.74 Å². The van der Waals surface area contributed by atoms with E-state index in [1.54, 1.807) is 7.11 Å². The van der Waals surface area contributed by atoms with Crippen LogP contribution < -0.4 is 4.74 Å². The Kier molecular flexibility index (Phi) is 5.31. The molecule has 0 aliphatic rings. The molecular weight excluding hydrogens is 319 g/mol. The minimum atomic E-state index is -0.287. The van der Waals surface area contributed by atoms with Gasteiger partial charge in [-0.25, -0.2) is 4.79 Å². The highest BCUT2D eigenvalue weighted by atomic mass is 127. The average molecular weight is 332 g/mol. The lowest BCUT2D eigenvalue weighted by atomic mass is 10.1. The second-order valence-electron chi connectivity index (χ2n) is 3.07. The number of esters is 1. The summed E-state index contributed by atoms with van der Waals surface area (Å²) in [5, 5.41) is 0. The van der Waals surface area contributed by atoms with Gasteiger partial charge in [-0.15, -0.1) is 0 Å². The van der Waals surface area contributed by atoms with Crippen molar-refractivity contribution in [3.63, 3.8) is 0 Å². The molecular formula is C12H13IO3. The minimum absolute atomic E-state index is 0.287. The first kappa shape index (κ1) is 13.0. The van der Waals surface area contributed by atoms with Crippen molar-refractivity contribution in [3.8, 4) is 5.75 Å². The van der Waals surface area contributed by atoms with Crippen molar-refractivity contribution >= 4 is 34.6 Å². The topological polar surface area (TPSA) is 35.5 Å². The van der Waals surface area contributed by atoms with E-state index in [-0.39, 0.29) is 5.97 Å². The second-order valence-corrected chi connectivity index (χ2v) is 3.83. The Balaban J connectivity index is 2.91. The molecule has 0 bridgehead atoms. The zero-order valence-electron chi connectivity index (χ0n) is 9.20. The Morgan fingerprint density at radius 2 is 1.94 bits per heavy atom. The third-order valence-corrected chi connectivity index (χ3v) is 2.87. The first-order valence-electron chi connectivity index (χ1n) is 4.70. The van der Waals surface area contributed by atoms with Crippen molar-refractivity contribution in [1.29, 1.82) is 0 Å². The van der Waals surface area contributed by atoms with Crippen molar-refractivity contribution in [2.45, 2.75) is 0 Å². The average Bonchev–Trinajstić information content (AvgIpc) is 2.35. The van der Waals surface area contributed by atoms with Crippen LogP contribution in [0.2, 0.25) is 0 Å². The van der Waals surface area contributed by atoms with Crippen LogP contribution in [-0.2, 0) is 9.53 Å². The van der Waals surface area contributed by atoms with E-state index in [1.807, 2.05) is 30.3 Å². The van der Waals surface area contributed by atoms with Crippen molar-refractivity contribution < 1.29 is 14.3 Å². The van der Waals surface area contributed by atoms with Gasteiger partial charge in [-0.1, -0.05) is 34.7 Å². The molecule has 0 radical (unpaired) electrons. The maximum absolute atomic E-state index is 11.4. The number of alkyl halides is 1. The van der Waals surface area contributed by atoms with E-state index in [0.29, 0.717) is 10.0 Å². The molecule has 0 heterocycles. The smallest absolute Gasteiger partial charge is 0.334 e. The summed E-state index contributed by atoms with van der Waals surface area (Å²) in [5.41, 5.74) is 1.60. The molecule has 0 amide bonds. The van der Waals surface area contributed by atoms with Gasteiger partial charge < -0.3 is 9.47 Å². The molecule has 0 aliphatic heterocycles. The van der Waals surface area contributed by atoms with Gasteiger partial charge in [0.05, 0.1) is 14.2 Å². The highest BCUT2D eigenvalue weighted by Gasteiger charge is 2.07. The number of carbonyl (C=O) groups excluding carboxylic acids is 1. The molecule has 0 aliphatic carbocycles. The third-order valence-electron chi connectivity index (χ3n) is 2.05. The summed E-state index contributed by atoms with van der Waals surface area (Å²) in [6.07, 6.45) is 1.82. The van der Waals surface area contributed by atoms with Gasteiger partial charge >= 0.3 is 5.97 Å². The fourth-order valence-electron chi connectivity index (χ4n) is 1.18. The van der Waals surface area contributed by atoms with Crippen LogP contribution in [0.1, 0.15) is 5.56 Å². The molecule has 0 spiro atoms. The van der Waals surface area contributed by atoms with Gasteiger partial charge in [0.25, 0.3) is 0 Å². The fourth-order valence-corrected chi connectivity index (χ4v) is 1.72. The molecule has 4 heteroatoms. The molecule has 1 aromatic rings. The van der Waals surface area contributed by atoms with Crippen LogP contribution in [0.25, 0.3) is 6.08 Å². The Bertz CT molecular complexity index is 382. The van der Waals surface area contributed by atoms with Crippen LogP contribution >= 0.6 is 22.6 Å². The molecule has 0 saturated heterocycles. The molecule has 16 heavy (non-hydrogen) atoms. The number of carbonyl (C=O) groups is 1. The minimum Gasteiger partial charge on any atom is -0.497 e. The molecule has 1 rings (SSSR count). The molecule has 3 nitrogen and oxygen atoms in total. The predicted molar refractivity (Wildman–Crippen MR) is 71.9 cm³/mol. The summed E-state index contributed by atoms with van der Waals surface area (Å²) >= 11 is 2.14. The SMILES string of the molecule is COC(=O)/C(=C/c1ccc(OC)cc1)CI. The quantitative estimate of drug-likeness (QED) is 0.368. The number of benzene rings is 1. The van der Waals surface area contributed by atoms with Crippen molar-refractivity contribution in [2.75, 3.05) is 18.6 Å². The molecule has 0 unspecified atom stereocenters. The largest absolute Gasteiger partial charge is 0.497 e. The molecule has 0 N–H and O–H groups in total. The molecule has 1 aromatic carbocycles. The fraction of sp³-hybridized carbons (Fsp3) is 0.250. The van der Waals surface area contributed by atoms with Crippen molar-refractivity contribution in [2.24, 2.45) is 0 Å². The van der Waals surface area contributed by atoms with E-state index < -0.39 is 0 Å². The lowest BCUT2D eigenvalue weighted by molar-refractivity contribution is -0.135. The van der Waals surface area contributed by atoms with E-state index in [2.05, 4.69) is 27.3 Å². The second kappa shape index (κ2) is 6.52. The van der Waals surface area contributed by atoms with Gasteiger partial charge in [0.15, 0.2) is 0 Å². The van der Waals surface area contributed by atoms with Crippen molar-refractivity contribution in [1.82, 2.24) is 0 Å². The van der Waals surface area contributed by atoms with Crippen LogP contribution in [0.4, 0.5) is 0 Å². The summed E-state index contributed by atoms with van der Waals surface area (Å²) in [6, 6.07) is 7.50. The summed E-state index contributed by atoms with van der Waals surface area (Å²) in [4.78, 5) is 11.4. The standard InChI is InChI=1S/C12H13IO3/c1-15-11-5-3-9(4-6-11)7-10(8-13)12(14)16-2/h3-7H,8H2,1-2H3/b10-7+. The normalized spacial score (nSPS) is 11.1. The van der Waals surface area contributed by atoms with Gasteiger partial charge in [0.2, 0.25) is 0 Å². The van der Waals surface area contributed by atoms with Gasteiger partial charge in [0.1, 0.15) is 5.75 Å². The molecule has 0 atom stereocenters. The van der Waals surface area contributed by atoms with E-state index in [1.165, 1.54) is 7.11 Å². The number of halogens is 1. The van der Waals surface area contributed by atoms with Gasteiger partial charge in [0, 0.05) is 10.0 Å². The van der Waals surface area contributed by atoms with Crippen LogP contribution in [0.3, 0.4) is 0 Å². The summed E-state index contributed by atoms with van der Waals surface area (Å²) in [7, 11) is 3.01. The third kappa shape index (κ3) is 3.52. The summed E-state index contributed by atoms with van der Waals surface area (Å²) in [6.45, 7) is 0. The summed E-state index contributed by atoms with van der Waals surface area (Å²) in [5.74, 6) is 0.511. The lowest BCUT2D eigenvalue weighted by Crippen LogP contribution is -2.05. The maximum Gasteiger partial charge on any atom is 0.334 e. The number of methoxy groups -OCH3 is 2. The van der Waals surface area contributed by atoms with E-state index >= 15 is 0 Å². The van der Waals surface area contributed by atoms with E-state index in [9.17, 15) is 4.79 Å². The summed E-state index contributed by atoms with van der Waals surface area (Å²) < 4.78 is 10.4. The number of rotatable bonds is 4. The van der Waals surface area contributed by atoms with E-state index in [0.717, 1.165) is 11.3 Å². The Labute approximate surface area is 109 Å². The zero-order valence-corrected chi connectivity index (χ0v) is 11.4. The highest BCUT2D eigenvalue weighted by molar-refractivity contribution is 14.1. The predicted octanol–water partition coefficient (Wildman–Crippen LogP) is 2.69. The number of ether oxygens (including phenoxy) is 2. The first-order chi connectivity index (χ1) is 7.71. The molecule has 0 aromatic heterocycles. The number of hydrogen-bond donors (Lipinski definition) is 0. The van der Waals surface area contributed by atoms with Gasteiger partial charge in [-0.2, -0.15) is 0 Å². The highest BCUT2D eigenvalue weighted by Crippen LogP contribution is 2.15. The van der Waals surface area contributed by atoms with Gasteiger partial charge in [-0.3, -0.25) is 0 Å². The molecule has 0 saturated carbocycles. The first-order valence-corrected chi connectivity index (χ1v) is 6.22. The maximum atomic E-state index is 11.4. The van der Waals surface area contributed by atoms with Crippen molar-refractivity contribution in [3.05, 3.63) is 35.4 Å². The Morgan fingerprint density at radius 3 is 2.38 bits per heavy atom. The van der Waals surface area contributed by atoms with Crippen LogP contribution in [0, 0.1) is 0 Å². The Hall–Kier alpha value is -1.04. The zero-order chi connectivity index (χ0) is 12.0. The molecule has 86 valence electrons. The van der Waals surface area contributed by atoms with Crippen LogP contribution in [0.5, 0.6) is 5.75 Å². The molecule has 0 fully saturated rings. The van der Waals surface area contributed by atoms with Gasteiger partial charge in [-0.05, 0) is 23.8 Å².